The number of aromatic amines is 2. The lowest BCUT2D eigenvalue weighted by molar-refractivity contribution is 0.102. The van der Waals surface area contributed by atoms with Crippen molar-refractivity contribution in [3.8, 4) is 22.6 Å². The molecule has 0 radical (unpaired) electrons. The molecule has 0 saturated heterocycles. The van der Waals surface area contributed by atoms with Gasteiger partial charge in [0.2, 0.25) is 6.79 Å². The highest BCUT2D eigenvalue weighted by molar-refractivity contribution is 6.07. The zero-order chi connectivity index (χ0) is 17.5. The molecule has 26 heavy (non-hydrogen) atoms. The summed E-state index contributed by atoms with van der Waals surface area (Å²) in [5.41, 5.74) is 3.13. The Morgan fingerprint density at radius 1 is 1.08 bits per heavy atom. The van der Waals surface area contributed by atoms with Crippen LogP contribution in [0.3, 0.4) is 0 Å². The van der Waals surface area contributed by atoms with E-state index in [4.69, 9.17) is 9.47 Å². The van der Waals surface area contributed by atoms with Gasteiger partial charge < -0.3 is 19.8 Å². The second-order valence-corrected chi connectivity index (χ2v) is 5.96. The number of nitrogens with zero attached hydrogens (tertiary/aromatic N) is 1. The molecule has 7 heteroatoms. The van der Waals surface area contributed by atoms with E-state index >= 15 is 0 Å². The molecular weight excluding hydrogens is 332 g/mol. The third kappa shape index (κ3) is 2.37. The zero-order valence-corrected chi connectivity index (χ0v) is 13.6. The minimum absolute atomic E-state index is 0.215. The first-order chi connectivity index (χ1) is 12.8. The molecule has 2 aromatic heterocycles. The van der Waals surface area contributed by atoms with Crippen LogP contribution in [-0.2, 0) is 0 Å². The van der Waals surface area contributed by atoms with Gasteiger partial charge in [-0.2, -0.15) is 5.10 Å². The Balaban J connectivity index is 1.44. The van der Waals surface area contributed by atoms with E-state index in [1.54, 1.807) is 12.3 Å². The van der Waals surface area contributed by atoms with Crippen LogP contribution in [-0.4, -0.2) is 27.9 Å². The molecule has 7 nitrogen and oxygen atoms in total. The third-order valence-corrected chi connectivity index (χ3v) is 4.38. The van der Waals surface area contributed by atoms with E-state index in [1.165, 1.54) is 0 Å². The molecule has 0 aliphatic carbocycles. The molecular formula is C19H14N4O3. The van der Waals surface area contributed by atoms with Gasteiger partial charge in [-0.25, -0.2) is 0 Å². The third-order valence-electron chi connectivity index (χ3n) is 4.38. The Bertz CT molecular complexity index is 1130. The number of nitrogens with one attached hydrogen (secondary N) is 3. The van der Waals surface area contributed by atoms with Crippen LogP contribution in [0.15, 0.2) is 54.9 Å². The standard InChI is InChI=1S/C19H14N4O3/c24-19(13-2-1-11-5-6-20-15(11)7-13)22-18-14(9-21-23-18)12-3-4-16-17(8-12)26-10-25-16/h1-9,20H,10H2,(H2,21,22,23,24). The average Bonchev–Trinajstić information content (AvgIpc) is 3.40. The summed E-state index contributed by atoms with van der Waals surface area (Å²) in [4.78, 5) is 15.7. The van der Waals surface area contributed by atoms with Crippen LogP contribution in [0.2, 0.25) is 0 Å². The van der Waals surface area contributed by atoms with Crippen molar-refractivity contribution in [2.24, 2.45) is 0 Å². The highest BCUT2D eigenvalue weighted by Gasteiger charge is 2.17. The van der Waals surface area contributed by atoms with E-state index in [1.807, 2.05) is 42.6 Å². The first-order valence-electron chi connectivity index (χ1n) is 8.10. The summed E-state index contributed by atoms with van der Waals surface area (Å²) in [7, 11) is 0. The predicted molar refractivity (Wildman–Crippen MR) is 96.4 cm³/mol. The largest absolute Gasteiger partial charge is 0.454 e. The van der Waals surface area contributed by atoms with Crippen LogP contribution in [0.25, 0.3) is 22.0 Å². The highest BCUT2D eigenvalue weighted by Crippen LogP contribution is 2.37. The Morgan fingerprint density at radius 2 is 2.00 bits per heavy atom. The first-order valence-corrected chi connectivity index (χ1v) is 8.10. The molecule has 3 heterocycles. The van der Waals surface area contributed by atoms with Crippen molar-refractivity contribution < 1.29 is 14.3 Å². The van der Waals surface area contributed by atoms with Crippen molar-refractivity contribution in [1.29, 1.82) is 0 Å². The fourth-order valence-electron chi connectivity index (χ4n) is 3.04. The molecule has 1 amide bonds. The first kappa shape index (κ1) is 14.6. The monoisotopic (exact) mass is 346 g/mol. The van der Waals surface area contributed by atoms with Crippen molar-refractivity contribution in [2.75, 3.05) is 12.1 Å². The number of aromatic nitrogens is 3. The van der Waals surface area contributed by atoms with E-state index in [0.717, 1.165) is 22.0 Å². The Morgan fingerprint density at radius 3 is 2.96 bits per heavy atom. The molecule has 4 aromatic rings. The normalized spacial score (nSPS) is 12.5. The minimum Gasteiger partial charge on any atom is -0.454 e. The number of carbonyl (C=O) groups is 1. The van der Waals surface area contributed by atoms with E-state index in [9.17, 15) is 4.79 Å². The van der Waals surface area contributed by atoms with Gasteiger partial charge >= 0.3 is 0 Å². The molecule has 0 fully saturated rings. The summed E-state index contributed by atoms with van der Waals surface area (Å²) in [5, 5.41) is 10.9. The second kappa shape index (κ2) is 5.66. The zero-order valence-electron chi connectivity index (χ0n) is 13.6. The fourth-order valence-corrected chi connectivity index (χ4v) is 3.04. The van der Waals surface area contributed by atoms with Crippen LogP contribution in [0.1, 0.15) is 10.4 Å². The second-order valence-electron chi connectivity index (χ2n) is 5.96. The smallest absolute Gasteiger partial charge is 0.256 e. The van der Waals surface area contributed by atoms with Gasteiger partial charge in [0, 0.05) is 22.8 Å². The molecule has 1 aliphatic heterocycles. The molecule has 0 bridgehead atoms. The van der Waals surface area contributed by atoms with Gasteiger partial charge in [0.05, 0.1) is 6.20 Å². The quantitative estimate of drug-likeness (QED) is 0.529. The fraction of sp³-hybridized carbons (Fsp3) is 0.0526. The number of ether oxygens (including phenoxy) is 2. The highest BCUT2D eigenvalue weighted by atomic mass is 16.7. The Kier molecular flexibility index (Phi) is 3.18. The van der Waals surface area contributed by atoms with E-state index < -0.39 is 0 Å². The summed E-state index contributed by atoms with van der Waals surface area (Å²) >= 11 is 0. The summed E-state index contributed by atoms with van der Waals surface area (Å²) < 4.78 is 10.8. The maximum Gasteiger partial charge on any atom is 0.256 e. The van der Waals surface area contributed by atoms with Crippen molar-refractivity contribution in [3.63, 3.8) is 0 Å². The number of benzene rings is 2. The average molecular weight is 346 g/mol. The predicted octanol–water partition coefficient (Wildman–Crippen LogP) is 3.54. The lowest BCUT2D eigenvalue weighted by atomic mass is 10.1. The summed E-state index contributed by atoms with van der Waals surface area (Å²) in [6.45, 7) is 0.217. The van der Waals surface area contributed by atoms with Gasteiger partial charge in [-0.05, 0) is 41.3 Å². The van der Waals surface area contributed by atoms with Gasteiger partial charge in [-0.1, -0.05) is 12.1 Å². The molecule has 1 aliphatic rings. The van der Waals surface area contributed by atoms with Crippen LogP contribution >= 0.6 is 0 Å². The molecule has 3 N–H and O–H groups in total. The minimum atomic E-state index is -0.215. The molecule has 2 aromatic carbocycles. The number of rotatable bonds is 3. The molecule has 0 atom stereocenters. The van der Waals surface area contributed by atoms with E-state index in [-0.39, 0.29) is 12.7 Å². The molecule has 128 valence electrons. The lowest BCUT2D eigenvalue weighted by Gasteiger charge is -2.07. The molecule has 0 saturated carbocycles. The van der Waals surface area contributed by atoms with Gasteiger partial charge in [-0.3, -0.25) is 9.89 Å². The molecule has 5 rings (SSSR count). The molecule has 0 spiro atoms. The van der Waals surface area contributed by atoms with Crippen LogP contribution < -0.4 is 14.8 Å². The van der Waals surface area contributed by atoms with Gasteiger partial charge in [-0.15, -0.1) is 0 Å². The number of carbonyl (C=O) groups excluding carboxylic acids is 1. The Labute approximate surface area is 147 Å². The number of fused-ring (bicyclic) bond motifs is 2. The number of hydrogen-bond donors (Lipinski definition) is 3. The van der Waals surface area contributed by atoms with Gasteiger partial charge in [0.1, 0.15) is 5.82 Å². The summed E-state index contributed by atoms with van der Waals surface area (Å²) in [5.74, 6) is 1.70. The van der Waals surface area contributed by atoms with Crippen molar-refractivity contribution in [2.45, 2.75) is 0 Å². The van der Waals surface area contributed by atoms with Crippen LogP contribution in [0, 0.1) is 0 Å². The van der Waals surface area contributed by atoms with Crippen molar-refractivity contribution >= 4 is 22.6 Å². The number of anilines is 1. The molecule has 0 unspecified atom stereocenters. The van der Waals surface area contributed by atoms with Crippen molar-refractivity contribution in [3.05, 3.63) is 60.4 Å². The van der Waals surface area contributed by atoms with Gasteiger partial charge in [0.15, 0.2) is 11.5 Å². The maximum atomic E-state index is 12.6. The maximum absolute atomic E-state index is 12.6. The van der Waals surface area contributed by atoms with Crippen LogP contribution in [0.5, 0.6) is 11.5 Å². The number of amides is 1. The summed E-state index contributed by atoms with van der Waals surface area (Å²) in [6.07, 6.45) is 3.51. The summed E-state index contributed by atoms with van der Waals surface area (Å²) in [6, 6.07) is 13.1. The van der Waals surface area contributed by atoms with Crippen LogP contribution in [0.4, 0.5) is 5.82 Å². The van der Waals surface area contributed by atoms with E-state index in [0.29, 0.717) is 22.9 Å². The number of H-pyrrole nitrogens is 2. The SMILES string of the molecule is O=C(Nc1[nH]ncc1-c1ccc2c(c1)OCO2)c1ccc2cc[nH]c2c1. The van der Waals surface area contributed by atoms with Gasteiger partial charge in [0.25, 0.3) is 5.91 Å². The lowest BCUT2D eigenvalue weighted by Crippen LogP contribution is -2.12. The van der Waals surface area contributed by atoms with E-state index in [2.05, 4.69) is 20.5 Å². The topological polar surface area (TPSA) is 92.0 Å². The number of hydrogen-bond acceptors (Lipinski definition) is 4. The Hall–Kier alpha value is -3.74. The van der Waals surface area contributed by atoms with Crippen molar-refractivity contribution in [1.82, 2.24) is 15.2 Å².